The van der Waals surface area contributed by atoms with Crippen LogP contribution in [-0.2, 0) is 12.0 Å². The molecule has 2 aromatic heterocycles. The van der Waals surface area contributed by atoms with Gasteiger partial charge < -0.3 is 14.7 Å². The van der Waals surface area contributed by atoms with Crippen LogP contribution in [0.25, 0.3) is 0 Å². The third-order valence-electron chi connectivity index (χ3n) is 6.24. The van der Waals surface area contributed by atoms with E-state index in [0.29, 0.717) is 31.9 Å². The molecule has 2 aromatic rings. The third kappa shape index (κ3) is 3.55. The second-order valence-corrected chi connectivity index (χ2v) is 8.90. The van der Waals surface area contributed by atoms with Crippen molar-refractivity contribution in [1.82, 2.24) is 29.5 Å². The molecule has 8 heteroatoms. The maximum atomic E-state index is 13.2. The van der Waals surface area contributed by atoms with Crippen LogP contribution in [0.1, 0.15) is 54.5 Å². The fraction of sp³-hybridized carbons (Fsp3) is 0.545. The molecule has 0 aromatic carbocycles. The summed E-state index contributed by atoms with van der Waals surface area (Å²) in [6, 6.07) is 5.71. The number of carbonyl (C=O) groups is 2. The Morgan fingerprint density at radius 1 is 1.13 bits per heavy atom. The van der Waals surface area contributed by atoms with Crippen LogP contribution in [0.2, 0.25) is 0 Å². The smallest absolute Gasteiger partial charge is 0.319 e. The van der Waals surface area contributed by atoms with Crippen LogP contribution in [0.4, 0.5) is 4.79 Å². The molecule has 0 unspecified atom stereocenters. The van der Waals surface area contributed by atoms with Gasteiger partial charge in [-0.2, -0.15) is 5.10 Å². The second kappa shape index (κ2) is 7.74. The minimum absolute atomic E-state index is 0.0370. The molecule has 0 saturated carbocycles. The predicted octanol–water partition coefficient (Wildman–Crippen LogP) is 2.53. The molecule has 4 heterocycles. The van der Waals surface area contributed by atoms with E-state index >= 15 is 0 Å². The molecule has 160 valence electrons. The Hall–Kier alpha value is -2.90. The summed E-state index contributed by atoms with van der Waals surface area (Å²) in [7, 11) is 3.56. The zero-order chi connectivity index (χ0) is 21.5. The number of piperidine rings is 1. The SMILES string of the molecule is CC(C)n1cc2c(n1)C1(CCN(C(=O)N(C)C)CC1)CN(C(=O)c1ccccn1)C2. The minimum atomic E-state index is -0.235. The van der Waals surface area contributed by atoms with Crippen LogP contribution in [0, 0.1) is 0 Å². The molecule has 3 amide bonds. The molecule has 2 aliphatic heterocycles. The number of urea groups is 1. The number of amides is 3. The Labute approximate surface area is 177 Å². The summed E-state index contributed by atoms with van der Waals surface area (Å²) in [6.07, 6.45) is 5.32. The molecule has 4 rings (SSSR count). The molecule has 0 atom stereocenters. The molecule has 0 aliphatic carbocycles. The summed E-state index contributed by atoms with van der Waals surface area (Å²) in [6.45, 7) is 6.70. The van der Waals surface area contributed by atoms with E-state index in [1.165, 1.54) is 0 Å². The molecule has 1 saturated heterocycles. The third-order valence-corrected chi connectivity index (χ3v) is 6.24. The monoisotopic (exact) mass is 410 g/mol. The number of aromatic nitrogens is 3. The molecule has 0 radical (unpaired) electrons. The van der Waals surface area contributed by atoms with Gasteiger partial charge in [0.05, 0.1) is 5.69 Å². The van der Waals surface area contributed by atoms with Crippen LogP contribution in [0.3, 0.4) is 0 Å². The Kier molecular flexibility index (Phi) is 5.26. The highest BCUT2D eigenvalue weighted by Crippen LogP contribution is 2.41. The van der Waals surface area contributed by atoms with Gasteiger partial charge in [0.25, 0.3) is 5.91 Å². The first-order valence-electron chi connectivity index (χ1n) is 10.6. The normalized spacial score (nSPS) is 17.9. The summed E-state index contributed by atoms with van der Waals surface area (Å²) in [5.74, 6) is -0.0512. The number of hydrogen-bond acceptors (Lipinski definition) is 4. The van der Waals surface area contributed by atoms with Crippen LogP contribution in [-0.4, -0.2) is 75.1 Å². The van der Waals surface area contributed by atoms with Gasteiger partial charge in [-0.25, -0.2) is 4.79 Å². The molecule has 30 heavy (non-hydrogen) atoms. The van der Waals surface area contributed by atoms with Crippen molar-refractivity contribution in [3.8, 4) is 0 Å². The lowest BCUT2D eigenvalue weighted by Crippen LogP contribution is -2.55. The van der Waals surface area contributed by atoms with Crippen molar-refractivity contribution in [2.45, 2.75) is 44.7 Å². The summed E-state index contributed by atoms with van der Waals surface area (Å²) < 4.78 is 2.00. The van der Waals surface area contributed by atoms with Crippen molar-refractivity contribution in [3.05, 3.63) is 47.5 Å². The first kappa shape index (κ1) is 20.4. The van der Waals surface area contributed by atoms with Gasteiger partial charge >= 0.3 is 6.03 Å². The highest BCUT2D eigenvalue weighted by molar-refractivity contribution is 5.92. The number of likely N-dealkylation sites (tertiary alicyclic amines) is 1. The quantitative estimate of drug-likeness (QED) is 0.763. The summed E-state index contributed by atoms with van der Waals surface area (Å²) >= 11 is 0. The highest BCUT2D eigenvalue weighted by atomic mass is 16.2. The van der Waals surface area contributed by atoms with Gasteiger partial charge in [-0.05, 0) is 38.8 Å². The standard InChI is InChI=1S/C22H30N6O2/c1-16(2)28-14-17-13-27(20(29)18-7-5-6-10-23-18)15-22(19(17)24-28)8-11-26(12-9-22)21(30)25(3)4/h5-7,10,14,16H,8-9,11-13,15H2,1-4H3. The van der Waals surface area contributed by atoms with Gasteiger partial charge in [0, 0.05) is 69.7 Å². The van der Waals surface area contributed by atoms with Gasteiger partial charge in [0.15, 0.2) is 0 Å². The zero-order valence-electron chi connectivity index (χ0n) is 18.2. The molecular weight excluding hydrogens is 380 g/mol. The summed E-state index contributed by atoms with van der Waals surface area (Å²) in [4.78, 5) is 35.3. The summed E-state index contributed by atoms with van der Waals surface area (Å²) in [5.41, 5.74) is 2.43. The molecule has 1 spiro atoms. The Morgan fingerprint density at radius 2 is 1.87 bits per heavy atom. The largest absolute Gasteiger partial charge is 0.332 e. The van der Waals surface area contributed by atoms with Gasteiger partial charge in [-0.1, -0.05) is 6.07 Å². The summed E-state index contributed by atoms with van der Waals surface area (Å²) in [5, 5.41) is 4.95. The second-order valence-electron chi connectivity index (χ2n) is 8.90. The van der Waals surface area contributed by atoms with E-state index in [0.717, 1.165) is 24.1 Å². The number of fused-ring (bicyclic) bond motifs is 2. The van der Waals surface area contributed by atoms with E-state index in [9.17, 15) is 9.59 Å². The fourth-order valence-corrected chi connectivity index (χ4v) is 4.56. The van der Waals surface area contributed by atoms with Crippen molar-refractivity contribution in [2.75, 3.05) is 33.7 Å². The van der Waals surface area contributed by atoms with Crippen molar-refractivity contribution in [1.29, 1.82) is 0 Å². The number of nitrogens with zero attached hydrogens (tertiary/aromatic N) is 6. The number of pyridine rings is 1. The van der Waals surface area contributed by atoms with Crippen molar-refractivity contribution >= 4 is 11.9 Å². The van der Waals surface area contributed by atoms with E-state index in [4.69, 9.17) is 5.10 Å². The van der Waals surface area contributed by atoms with Gasteiger partial charge in [0.2, 0.25) is 0 Å². The fourth-order valence-electron chi connectivity index (χ4n) is 4.56. The highest BCUT2D eigenvalue weighted by Gasteiger charge is 2.46. The van der Waals surface area contributed by atoms with Crippen LogP contribution >= 0.6 is 0 Å². The van der Waals surface area contributed by atoms with Crippen molar-refractivity contribution in [3.63, 3.8) is 0 Å². The van der Waals surface area contributed by atoms with Crippen molar-refractivity contribution < 1.29 is 9.59 Å². The minimum Gasteiger partial charge on any atom is -0.332 e. The van der Waals surface area contributed by atoms with E-state index in [-0.39, 0.29) is 23.4 Å². The Balaban J connectivity index is 1.65. The Morgan fingerprint density at radius 3 is 2.47 bits per heavy atom. The lowest BCUT2D eigenvalue weighted by atomic mass is 9.72. The number of hydrogen-bond donors (Lipinski definition) is 0. The average Bonchev–Trinajstić information content (AvgIpc) is 3.19. The first-order chi connectivity index (χ1) is 14.3. The van der Waals surface area contributed by atoms with Gasteiger partial charge in [-0.15, -0.1) is 0 Å². The molecule has 2 aliphatic rings. The van der Waals surface area contributed by atoms with Crippen LogP contribution in [0.5, 0.6) is 0 Å². The number of rotatable bonds is 2. The Bertz CT molecular complexity index is 928. The van der Waals surface area contributed by atoms with E-state index in [2.05, 4.69) is 25.0 Å². The maximum absolute atomic E-state index is 13.2. The topological polar surface area (TPSA) is 74.6 Å². The zero-order valence-corrected chi connectivity index (χ0v) is 18.2. The lowest BCUT2D eigenvalue weighted by Gasteiger charge is -2.46. The average molecular weight is 411 g/mol. The predicted molar refractivity (Wildman–Crippen MR) is 113 cm³/mol. The van der Waals surface area contributed by atoms with Crippen LogP contribution < -0.4 is 0 Å². The van der Waals surface area contributed by atoms with Crippen molar-refractivity contribution in [2.24, 2.45) is 0 Å². The molecule has 1 fully saturated rings. The molecule has 8 nitrogen and oxygen atoms in total. The maximum Gasteiger partial charge on any atom is 0.319 e. The number of carbonyl (C=O) groups excluding carboxylic acids is 2. The van der Waals surface area contributed by atoms with Gasteiger partial charge in [0.1, 0.15) is 5.69 Å². The van der Waals surface area contributed by atoms with E-state index in [1.54, 1.807) is 31.3 Å². The first-order valence-corrected chi connectivity index (χ1v) is 10.6. The lowest BCUT2D eigenvalue weighted by molar-refractivity contribution is 0.0578. The van der Waals surface area contributed by atoms with Crippen LogP contribution in [0.15, 0.2) is 30.6 Å². The van der Waals surface area contributed by atoms with E-state index < -0.39 is 0 Å². The molecule has 0 N–H and O–H groups in total. The van der Waals surface area contributed by atoms with Gasteiger partial charge in [-0.3, -0.25) is 14.5 Å². The molecule has 0 bridgehead atoms. The van der Waals surface area contributed by atoms with E-state index in [1.807, 2.05) is 26.6 Å². The molecular formula is C22H30N6O2.